The van der Waals surface area contributed by atoms with E-state index in [4.69, 9.17) is 11.6 Å². The molecular formula is C12H14BrClF2N2O. The highest BCUT2D eigenvalue weighted by Gasteiger charge is 2.22. The average molecular weight is 356 g/mol. The molecule has 2 rings (SSSR count). The highest BCUT2D eigenvalue weighted by molar-refractivity contribution is 9.10. The van der Waals surface area contributed by atoms with Crippen molar-refractivity contribution < 1.29 is 13.5 Å². The van der Waals surface area contributed by atoms with Crippen LogP contribution in [0, 0.1) is 0 Å². The van der Waals surface area contributed by atoms with Gasteiger partial charge in [0.05, 0.1) is 10.2 Å². The van der Waals surface area contributed by atoms with E-state index in [2.05, 4.69) is 30.9 Å². The molecule has 7 heteroatoms. The Hall–Kier alpha value is -0.590. The highest BCUT2D eigenvalue weighted by atomic mass is 79.9. The van der Waals surface area contributed by atoms with Gasteiger partial charge in [-0.2, -0.15) is 8.78 Å². The van der Waals surface area contributed by atoms with Crippen molar-refractivity contribution in [3.05, 3.63) is 21.6 Å². The third-order valence-corrected chi connectivity index (χ3v) is 3.77. The van der Waals surface area contributed by atoms with E-state index in [1.54, 1.807) is 6.07 Å². The van der Waals surface area contributed by atoms with E-state index in [0.717, 1.165) is 19.5 Å². The molecule has 1 fully saturated rings. The lowest BCUT2D eigenvalue weighted by atomic mass is 10.2. The molecule has 0 bridgehead atoms. The number of hydrogen-bond acceptors (Lipinski definition) is 3. The molecule has 0 aliphatic carbocycles. The summed E-state index contributed by atoms with van der Waals surface area (Å²) in [4.78, 5) is 2.17. The Morgan fingerprint density at radius 2 is 2.26 bits per heavy atom. The fourth-order valence-electron chi connectivity index (χ4n) is 2.15. The molecule has 1 aromatic carbocycles. The third-order valence-electron chi connectivity index (χ3n) is 2.97. The predicted molar refractivity (Wildman–Crippen MR) is 75.3 cm³/mol. The summed E-state index contributed by atoms with van der Waals surface area (Å²) in [6, 6.07) is 3.34. The topological polar surface area (TPSA) is 24.5 Å². The number of nitrogens with zero attached hydrogens (tertiary/aromatic N) is 1. The molecule has 3 nitrogen and oxygen atoms in total. The number of alkyl halides is 2. The molecular weight excluding hydrogens is 341 g/mol. The summed E-state index contributed by atoms with van der Waals surface area (Å²) in [5.41, 5.74) is 0.486. The smallest absolute Gasteiger partial charge is 0.387 e. The predicted octanol–water partition coefficient (Wildman–Crippen LogP) is 3.82. The van der Waals surface area contributed by atoms with Crippen molar-refractivity contribution in [1.29, 1.82) is 0 Å². The van der Waals surface area contributed by atoms with Crippen molar-refractivity contribution in [3.8, 4) is 5.75 Å². The van der Waals surface area contributed by atoms with Crippen LogP contribution in [0.5, 0.6) is 5.75 Å². The molecule has 1 unspecified atom stereocenters. The number of rotatable bonds is 4. The first-order valence-electron chi connectivity index (χ1n) is 5.84. The lowest BCUT2D eigenvalue weighted by Crippen LogP contribution is -2.24. The Labute approximate surface area is 124 Å². The standard InChI is InChI=1S/C12H14BrClF2N2O/c1-18-3-2-8(6-18)17-10-5-7(14)4-9(13)11(10)19-12(15)16/h4-5,8,12,17H,2-3,6H2,1H3. The number of benzene rings is 1. The van der Waals surface area contributed by atoms with E-state index in [9.17, 15) is 8.78 Å². The van der Waals surface area contributed by atoms with Gasteiger partial charge in [0.15, 0.2) is 5.75 Å². The molecule has 0 radical (unpaired) electrons. The molecule has 1 aliphatic rings. The minimum Gasteiger partial charge on any atom is -0.431 e. The fraction of sp³-hybridized carbons (Fsp3) is 0.500. The maximum absolute atomic E-state index is 12.4. The summed E-state index contributed by atoms with van der Waals surface area (Å²) >= 11 is 9.14. The monoisotopic (exact) mass is 354 g/mol. The second kappa shape index (κ2) is 6.24. The number of nitrogens with one attached hydrogen (secondary N) is 1. The first-order valence-corrected chi connectivity index (χ1v) is 7.01. The molecule has 0 spiro atoms. The SMILES string of the molecule is CN1CCC(Nc2cc(Cl)cc(Br)c2OC(F)F)C1. The number of likely N-dealkylation sites (N-methyl/N-ethyl adjacent to an activating group) is 1. The van der Waals surface area contributed by atoms with Crippen LogP contribution < -0.4 is 10.1 Å². The van der Waals surface area contributed by atoms with Crippen LogP contribution in [-0.2, 0) is 0 Å². The zero-order valence-corrected chi connectivity index (χ0v) is 12.6. The minimum atomic E-state index is -2.87. The van der Waals surface area contributed by atoms with Gasteiger partial charge in [0.25, 0.3) is 0 Å². The van der Waals surface area contributed by atoms with E-state index >= 15 is 0 Å². The van der Waals surface area contributed by atoms with Gasteiger partial charge in [-0.15, -0.1) is 0 Å². The largest absolute Gasteiger partial charge is 0.431 e. The first-order chi connectivity index (χ1) is 8.95. The van der Waals surface area contributed by atoms with Crippen LogP contribution in [0.15, 0.2) is 16.6 Å². The van der Waals surface area contributed by atoms with Crippen LogP contribution >= 0.6 is 27.5 Å². The Bertz CT molecular complexity index is 462. The number of likely N-dealkylation sites (tertiary alicyclic amines) is 1. The summed E-state index contributed by atoms with van der Waals surface area (Å²) in [6.45, 7) is -1.04. The van der Waals surface area contributed by atoms with Gasteiger partial charge < -0.3 is 15.0 Å². The van der Waals surface area contributed by atoms with Gasteiger partial charge in [0.2, 0.25) is 0 Å². The number of ether oxygens (including phenoxy) is 1. The maximum atomic E-state index is 12.4. The van der Waals surface area contributed by atoms with E-state index in [-0.39, 0.29) is 11.8 Å². The van der Waals surface area contributed by atoms with Crippen molar-refractivity contribution in [3.63, 3.8) is 0 Å². The number of anilines is 1. The molecule has 1 N–H and O–H groups in total. The van der Waals surface area contributed by atoms with E-state index < -0.39 is 6.61 Å². The maximum Gasteiger partial charge on any atom is 0.387 e. The van der Waals surface area contributed by atoms with Crippen LogP contribution in [0.4, 0.5) is 14.5 Å². The summed E-state index contributed by atoms with van der Waals surface area (Å²) in [7, 11) is 2.02. The molecule has 0 aromatic heterocycles. The Morgan fingerprint density at radius 3 is 2.84 bits per heavy atom. The molecule has 1 saturated heterocycles. The minimum absolute atomic E-state index is 0.0916. The fourth-order valence-corrected chi connectivity index (χ4v) is 3.05. The van der Waals surface area contributed by atoms with E-state index in [1.807, 2.05) is 7.05 Å². The lowest BCUT2D eigenvalue weighted by Gasteiger charge is -2.19. The summed E-state index contributed by atoms with van der Waals surface area (Å²) in [5, 5.41) is 3.67. The van der Waals surface area contributed by atoms with Crippen LogP contribution in [-0.4, -0.2) is 37.7 Å². The second-order valence-electron chi connectivity index (χ2n) is 4.53. The second-order valence-corrected chi connectivity index (χ2v) is 5.83. The molecule has 19 heavy (non-hydrogen) atoms. The Kier molecular flexibility index (Phi) is 4.86. The van der Waals surface area contributed by atoms with Crippen molar-refractivity contribution >= 4 is 33.2 Å². The van der Waals surface area contributed by atoms with Gasteiger partial charge in [-0.3, -0.25) is 0 Å². The van der Waals surface area contributed by atoms with Gasteiger partial charge in [-0.1, -0.05) is 11.6 Å². The normalized spacial score (nSPS) is 20.0. The van der Waals surface area contributed by atoms with Crippen LogP contribution in [0.1, 0.15) is 6.42 Å². The quantitative estimate of drug-likeness (QED) is 0.888. The third kappa shape index (κ3) is 3.94. The van der Waals surface area contributed by atoms with Gasteiger partial charge in [0, 0.05) is 17.6 Å². The van der Waals surface area contributed by atoms with Crippen molar-refractivity contribution in [2.24, 2.45) is 0 Å². The molecule has 1 aromatic rings. The molecule has 0 amide bonds. The number of halogens is 4. The zero-order valence-electron chi connectivity index (χ0n) is 10.3. The van der Waals surface area contributed by atoms with Crippen molar-refractivity contribution in [2.45, 2.75) is 19.1 Å². The summed E-state index contributed by atoms with van der Waals surface area (Å²) < 4.78 is 29.9. The Balaban J connectivity index is 2.21. The molecule has 0 saturated carbocycles. The van der Waals surface area contributed by atoms with Crippen LogP contribution in [0.2, 0.25) is 5.02 Å². The first kappa shape index (κ1) is 14.8. The number of hydrogen-bond donors (Lipinski definition) is 1. The van der Waals surface area contributed by atoms with Gasteiger partial charge in [-0.25, -0.2) is 0 Å². The summed E-state index contributed by atoms with van der Waals surface area (Å²) in [6.07, 6.45) is 0.953. The molecule has 1 heterocycles. The Morgan fingerprint density at radius 1 is 1.53 bits per heavy atom. The van der Waals surface area contributed by atoms with Crippen molar-refractivity contribution in [2.75, 3.05) is 25.5 Å². The van der Waals surface area contributed by atoms with Crippen LogP contribution in [0.3, 0.4) is 0 Å². The van der Waals surface area contributed by atoms with E-state index in [0.29, 0.717) is 15.2 Å². The van der Waals surface area contributed by atoms with Gasteiger partial charge in [-0.05, 0) is 48.1 Å². The van der Waals surface area contributed by atoms with Crippen LogP contribution in [0.25, 0.3) is 0 Å². The lowest BCUT2D eigenvalue weighted by molar-refractivity contribution is -0.0498. The molecule has 1 aliphatic heterocycles. The molecule has 1 atom stereocenters. The average Bonchev–Trinajstić information content (AvgIpc) is 2.69. The van der Waals surface area contributed by atoms with Crippen molar-refractivity contribution in [1.82, 2.24) is 4.90 Å². The highest BCUT2D eigenvalue weighted by Crippen LogP contribution is 2.38. The molecule has 106 valence electrons. The van der Waals surface area contributed by atoms with Gasteiger partial charge in [0.1, 0.15) is 0 Å². The summed E-state index contributed by atoms with van der Waals surface area (Å²) in [5.74, 6) is 0.0916. The zero-order chi connectivity index (χ0) is 14.0. The van der Waals surface area contributed by atoms with E-state index in [1.165, 1.54) is 6.07 Å². The van der Waals surface area contributed by atoms with Gasteiger partial charge >= 0.3 is 6.61 Å².